The molecule has 0 spiro atoms. The zero-order valence-electron chi connectivity index (χ0n) is 19.4. The Bertz CT molecular complexity index is 1350. The Morgan fingerprint density at radius 1 is 0.943 bits per heavy atom. The van der Waals surface area contributed by atoms with E-state index in [0.29, 0.717) is 28.3 Å². The number of aryl methyl sites for hydroxylation is 2. The topological polar surface area (TPSA) is 84.9 Å². The molecule has 0 aliphatic carbocycles. The summed E-state index contributed by atoms with van der Waals surface area (Å²) in [6.07, 6.45) is 1.38. The van der Waals surface area contributed by atoms with Crippen LogP contribution in [-0.2, 0) is 16.2 Å². The molecule has 4 amide bonds. The van der Waals surface area contributed by atoms with Crippen LogP contribution >= 0.6 is 0 Å². The van der Waals surface area contributed by atoms with Crippen molar-refractivity contribution in [2.75, 3.05) is 12.0 Å². The number of hydrogen-bond donors (Lipinski definition) is 1. The van der Waals surface area contributed by atoms with Crippen molar-refractivity contribution in [3.63, 3.8) is 0 Å². The molecular formula is C27H23FN2O5. The maximum absolute atomic E-state index is 13.9. The normalized spacial score (nSPS) is 14.8. The van der Waals surface area contributed by atoms with E-state index in [4.69, 9.17) is 9.47 Å². The number of hydrogen-bond acceptors (Lipinski definition) is 5. The minimum Gasteiger partial charge on any atom is -0.493 e. The highest BCUT2D eigenvalue weighted by atomic mass is 19.1. The summed E-state index contributed by atoms with van der Waals surface area (Å²) in [6.45, 7) is 3.71. The standard InChI is InChI=1S/C27H23FN2O5/c1-16-10-17(2)12-20(11-16)30-26(32)21(25(31)29-27(30)33)13-18-8-9-23(24(14-18)34-3)35-15-19-6-4-5-7-22(19)28/h4-14H,15H2,1-3H3,(H,29,31,33)/b21-13+. The molecule has 0 radical (unpaired) electrons. The summed E-state index contributed by atoms with van der Waals surface area (Å²) in [5.74, 6) is -1.20. The Kier molecular flexibility index (Phi) is 6.64. The number of benzene rings is 3. The molecule has 35 heavy (non-hydrogen) atoms. The van der Waals surface area contributed by atoms with Gasteiger partial charge < -0.3 is 9.47 Å². The van der Waals surface area contributed by atoms with Crippen LogP contribution < -0.4 is 19.7 Å². The number of amides is 4. The molecule has 4 rings (SSSR count). The predicted molar refractivity (Wildman–Crippen MR) is 129 cm³/mol. The summed E-state index contributed by atoms with van der Waals surface area (Å²) in [7, 11) is 1.45. The molecule has 3 aromatic rings. The third kappa shape index (κ3) is 5.06. The first-order valence-electron chi connectivity index (χ1n) is 10.8. The monoisotopic (exact) mass is 474 g/mol. The zero-order chi connectivity index (χ0) is 25.1. The Hall–Kier alpha value is -4.46. The second-order valence-corrected chi connectivity index (χ2v) is 8.09. The van der Waals surface area contributed by atoms with E-state index >= 15 is 0 Å². The van der Waals surface area contributed by atoms with Crippen LogP contribution in [-0.4, -0.2) is 25.0 Å². The third-order valence-electron chi connectivity index (χ3n) is 5.41. The highest BCUT2D eigenvalue weighted by Crippen LogP contribution is 2.31. The number of imide groups is 2. The molecule has 0 saturated carbocycles. The smallest absolute Gasteiger partial charge is 0.335 e. The summed E-state index contributed by atoms with van der Waals surface area (Å²) in [6, 6.07) is 15.6. The summed E-state index contributed by atoms with van der Waals surface area (Å²) in [4.78, 5) is 39.1. The first-order chi connectivity index (χ1) is 16.8. The molecular weight excluding hydrogens is 451 g/mol. The number of carbonyl (C=O) groups is 3. The Balaban J connectivity index is 1.62. The van der Waals surface area contributed by atoms with E-state index in [2.05, 4.69) is 5.32 Å². The Morgan fingerprint density at radius 3 is 2.34 bits per heavy atom. The first-order valence-corrected chi connectivity index (χ1v) is 10.8. The molecule has 1 saturated heterocycles. The van der Waals surface area contributed by atoms with Crippen LogP contribution in [0.5, 0.6) is 11.5 Å². The second kappa shape index (κ2) is 9.80. The van der Waals surface area contributed by atoms with Gasteiger partial charge in [-0.1, -0.05) is 30.3 Å². The van der Waals surface area contributed by atoms with Crippen LogP contribution in [0, 0.1) is 19.7 Å². The number of anilines is 1. The fourth-order valence-electron chi connectivity index (χ4n) is 3.80. The number of rotatable bonds is 6. The van der Waals surface area contributed by atoms with Crippen molar-refractivity contribution in [3.8, 4) is 11.5 Å². The van der Waals surface area contributed by atoms with Gasteiger partial charge in [-0.15, -0.1) is 0 Å². The molecule has 3 aromatic carbocycles. The number of carbonyl (C=O) groups excluding carboxylic acids is 3. The van der Waals surface area contributed by atoms with Gasteiger partial charge in [-0.25, -0.2) is 14.1 Å². The number of urea groups is 1. The van der Waals surface area contributed by atoms with Crippen molar-refractivity contribution < 1.29 is 28.2 Å². The average molecular weight is 474 g/mol. The maximum atomic E-state index is 13.9. The Labute approximate surface area is 201 Å². The van der Waals surface area contributed by atoms with E-state index in [9.17, 15) is 18.8 Å². The molecule has 1 N–H and O–H groups in total. The van der Waals surface area contributed by atoms with Gasteiger partial charge in [-0.2, -0.15) is 0 Å². The lowest BCUT2D eigenvalue weighted by Crippen LogP contribution is -2.54. The van der Waals surface area contributed by atoms with Crippen molar-refractivity contribution in [2.24, 2.45) is 0 Å². The maximum Gasteiger partial charge on any atom is 0.335 e. The zero-order valence-corrected chi connectivity index (χ0v) is 19.4. The van der Waals surface area contributed by atoms with Crippen LogP contribution in [0.3, 0.4) is 0 Å². The van der Waals surface area contributed by atoms with Gasteiger partial charge in [0.15, 0.2) is 11.5 Å². The molecule has 1 fully saturated rings. The molecule has 1 aliphatic rings. The van der Waals surface area contributed by atoms with Crippen LogP contribution in [0.4, 0.5) is 14.9 Å². The van der Waals surface area contributed by atoms with E-state index in [-0.39, 0.29) is 18.0 Å². The van der Waals surface area contributed by atoms with Gasteiger partial charge in [0.2, 0.25) is 0 Å². The number of nitrogens with zero attached hydrogens (tertiary/aromatic N) is 1. The lowest BCUT2D eigenvalue weighted by molar-refractivity contribution is -0.122. The second-order valence-electron chi connectivity index (χ2n) is 8.09. The predicted octanol–water partition coefficient (Wildman–Crippen LogP) is 4.70. The SMILES string of the molecule is COc1cc(/C=C2\C(=O)NC(=O)N(c3cc(C)cc(C)c3)C2=O)ccc1OCc1ccccc1F. The van der Waals surface area contributed by atoms with Gasteiger partial charge in [0.1, 0.15) is 18.0 Å². The summed E-state index contributed by atoms with van der Waals surface area (Å²) in [5.41, 5.74) is 2.79. The first kappa shape index (κ1) is 23.7. The number of nitrogens with one attached hydrogen (secondary N) is 1. The number of barbiturate groups is 1. The van der Waals surface area contributed by atoms with Crippen LogP contribution in [0.15, 0.2) is 66.2 Å². The van der Waals surface area contributed by atoms with Crippen molar-refractivity contribution in [2.45, 2.75) is 20.5 Å². The van der Waals surface area contributed by atoms with E-state index in [0.717, 1.165) is 16.0 Å². The molecule has 0 bridgehead atoms. The average Bonchev–Trinajstić information content (AvgIpc) is 2.81. The van der Waals surface area contributed by atoms with Gasteiger partial charge >= 0.3 is 6.03 Å². The van der Waals surface area contributed by atoms with Crippen LogP contribution in [0.1, 0.15) is 22.3 Å². The van der Waals surface area contributed by atoms with Crippen molar-refractivity contribution in [1.82, 2.24) is 5.32 Å². The van der Waals surface area contributed by atoms with E-state index in [1.807, 2.05) is 19.9 Å². The summed E-state index contributed by atoms with van der Waals surface area (Å²) < 4.78 is 25.0. The van der Waals surface area contributed by atoms with Gasteiger partial charge in [0, 0.05) is 5.56 Å². The minimum atomic E-state index is -0.809. The number of ether oxygens (including phenoxy) is 2. The van der Waals surface area contributed by atoms with E-state index < -0.39 is 17.8 Å². The van der Waals surface area contributed by atoms with Crippen molar-refractivity contribution in [1.29, 1.82) is 0 Å². The van der Waals surface area contributed by atoms with E-state index in [1.54, 1.807) is 48.5 Å². The lowest BCUT2D eigenvalue weighted by Gasteiger charge is -2.27. The number of halogens is 1. The van der Waals surface area contributed by atoms with Crippen molar-refractivity contribution >= 4 is 29.6 Å². The third-order valence-corrected chi connectivity index (χ3v) is 5.41. The molecule has 0 aromatic heterocycles. The van der Waals surface area contributed by atoms with Gasteiger partial charge in [0.05, 0.1) is 12.8 Å². The largest absolute Gasteiger partial charge is 0.493 e. The molecule has 178 valence electrons. The lowest BCUT2D eigenvalue weighted by atomic mass is 10.0. The van der Waals surface area contributed by atoms with Crippen LogP contribution in [0.2, 0.25) is 0 Å². The highest BCUT2D eigenvalue weighted by molar-refractivity contribution is 6.39. The van der Waals surface area contributed by atoms with E-state index in [1.165, 1.54) is 19.3 Å². The molecule has 7 nitrogen and oxygen atoms in total. The van der Waals surface area contributed by atoms with Gasteiger partial charge in [-0.3, -0.25) is 14.9 Å². The summed E-state index contributed by atoms with van der Waals surface area (Å²) in [5, 5.41) is 2.22. The molecule has 1 heterocycles. The summed E-state index contributed by atoms with van der Waals surface area (Å²) >= 11 is 0. The molecule has 8 heteroatoms. The molecule has 0 atom stereocenters. The highest BCUT2D eigenvalue weighted by Gasteiger charge is 2.37. The fourth-order valence-corrected chi connectivity index (χ4v) is 3.80. The van der Waals surface area contributed by atoms with Crippen molar-refractivity contribution in [3.05, 3.63) is 94.3 Å². The molecule has 0 unspecified atom stereocenters. The fraction of sp³-hybridized carbons (Fsp3) is 0.148. The molecule has 1 aliphatic heterocycles. The van der Waals surface area contributed by atoms with Crippen LogP contribution in [0.25, 0.3) is 6.08 Å². The number of methoxy groups -OCH3 is 1. The quantitative estimate of drug-likeness (QED) is 0.414. The Morgan fingerprint density at radius 2 is 1.66 bits per heavy atom. The van der Waals surface area contributed by atoms with Gasteiger partial charge in [-0.05, 0) is 66.9 Å². The minimum absolute atomic E-state index is 0.00264. The van der Waals surface area contributed by atoms with Gasteiger partial charge in [0.25, 0.3) is 11.8 Å².